The fraction of sp³-hybridized carbons (Fsp3) is 0.100. The van der Waals surface area contributed by atoms with Crippen LogP contribution in [0.4, 0.5) is 11.5 Å². The van der Waals surface area contributed by atoms with E-state index in [0.717, 1.165) is 5.56 Å². The van der Waals surface area contributed by atoms with Gasteiger partial charge in [-0.2, -0.15) is 0 Å². The topological polar surface area (TPSA) is 84.0 Å². The number of carbonyl (C=O) groups is 2. The highest BCUT2D eigenvalue weighted by atomic mass is 35.5. The summed E-state index contributed by atoms with van der Waals surface area (Å²) in [6.07, 6.45) is 0. The SMILES string of the molecule is CC(=O)c1cccc(NC(=O)c2ccc(NCc3ccccc3Cl)nn2)c1. The molecule has 0 spiro atoms. The molecule has 27 heavy (non-hydrogen) atoms. The third kappa shape index (κ3) is 4.89. The minimum atomic E-state index is -0.402. The van der Waals surface area contributed by atoms with Gasteiger partial charge in [0.15, 0.2) is 11.5 Å². The van der Waals surface area contributed by atoms with Gasteiger partial charge in [-0.05, 0) is 42.8 Å². The molecule has 1 amide bonds. The van der Waals surface area contributed by atoms with Crippen molar-refractivity contribution in [3.05, 3.63) is 82.5 Å². The molecule has 136 valence electrons. The van der Waals surface area contributed by atoms with Gasteiger partial charge in [0.05, 0.1) is 0 Å². The zero-order chi connectivity index (χ0) is 19.2. The molecule has 3 rings (SSSR count). The molecule has 3 aromatic rings. The van der Waals surface area contributed by atoms with Crippen LogP contribution in [0.1, 0.15) is 33.3 Å². The number of benzene rings is 2. The molecule has 0 aliphatic carbocycles. The van der Waals surface area contributed by atoms with Crippen LogP contribution in [0.25, 0.3) is 0 Å². The van der Waals surface area contributed by atoms with E-state index in [1.54, 1.807) is 36.4 Å². The second-order valence-electron chi connectivity index (χ2n) is 5.84. The number of amides is 1. The molecule has 0 aliphatic heterocycles. The maximum absolute atomic E-state index is 12.3. The van der Waals surface area contributed by atoms with Gasteiger partial charge in [0, 0.05) is 22.8 Å². The second kappa shape index (κ2) is 8.42. The van der Waals surface area contributed by atoms with E-state index in [1.165, 1.54) is 6.92 Å². The van der Waals surface area contributed by atoms with Crippen LogP contribution in [-0.2, 0) is 6.54 Å². The van der Waals surface area contributed by atoms with Gasteiger partial charge in [0.25, 0.3) is 5.91 Å². The number of Topliss-reactive ketones (excluding diaryl/α,β-unsaturated/α-hetero) is 1. The summed E-state index contributed by atoms with van der Waals surface area (Å²) in [5.41, 5.74) is 2.16. The summed E-state index contributed by atoms with van der Waals surface area (Å²) in [7, 11) is 0. The minimum Gasteiger partial charge on any atom is -0.364 e. The normalized spacial score (nSPS) is 10.3. The first-order valence-corrected chi connectivity index (χ1v) is 8.64. The molecule has 0 saturated carbocycles. The first kappa shape index (κ1) is 18.5. The number of nitrogens with one attached hydrogen (secondary N) is 2. The smallest absolute Gasteiger partial charge is 0.276 e. The van der Waals surface area contributed by atoms with E-state index in [9.17, 15) is 9.59 Å². The van der Waals surface area contributed by atoms with Gasteiger partial charge < -0.3 is 10.6 Å². The van der Waals surface area contributed by atoms with Crippen molar-refractivity contribution in [1.29, 1.82) is 0 Å². The van der Waals surface area contributed by atoms with Gasteiger partial charge >= 0.3 is 0 Å². The van der Waals surface area contributed by atoms with E-state index >= 15 is 0 Å². The van der Waals surface area contributed by atoms with Crippen LogP contribution in [0.3, 0.4) is 0 Å². The molecule has 2 aromatic carbocycles. The number of aromatic nitrogens is 2. The summed E-state index contributed by atoms with van der Waals surface area (Å²) in [4.78, 5) is 23.7. The van der Waals surface area contributed by atoms with Crippen molar-refractivity contribution in [1.82, 2.24) is 10.2 Å². The molecule has 2 N–H and O–H groups in total. The number of carbonyl (C=O) groups excluding carboxylic acids is 2. The number of hydrogen-bond acceptors (Lipinski definition) is 5. The molecule has 7 heteroatoms. The van der Waals surface area contributed by atoms with Crippen LogP contribution in [0.15, 0.2) is 60.7 Å². The molecule has 0 radical (unpaired) electrons. The molecule has 0 bridgehead atoms. The zero-order valence-corrected chi connectivity index (χ0v) is 15.3. The number of rotatable bonds is 6. The quantitative estimate of drug-likeness (QED) is 0.626. The van der Waals surface area contributed by atoms with Crippen molar-refractivity contribution in [2.45, 2.75) is 13.5 Å². The first-order chi connectivity index (χ1) is 13.0. The monoisotopic (exact) mass is 380 g/mol. The molecular formula is C20H17ClN4O2. The maximum atomic E-state index is 12.3. The Kier molecular flexibility index (Phi) is 5.78. The number of anilines is 2. The molecule has 1 heterocycles. The molecule has 0 saturated heterocycles. The number of nitrogens with zero attached hydrogens (tertiary/aromatic N) is 2. The molecule has 0 unspecified atom stereocenters. The van der Waals surface area contributed by atoms with Gasteiger partial charge in [-0.25, -0.2) is 0 Å². The van der Waals surface area contributed by atoms with Crippen LogP contribution < -0.4 is 10.6 Å². The van der Waals surface area contributed by atoms with Crippen LogP contribution in [-0.4, -0.2) is 21.9 Å². The Balaban J connectivity index is 1.63. The Bertz CT molecular complexity index is 974. The second-order valence-corrected chi connectivity index (χ2v) is 6.25. The van der Waals surface area contributed by atoms with Gasteiger partial charge in [-0.3, -0.25) is 9.59 Å². The Morgan fingerprint density at radius 1 is 1.00 bits per heavy atom. The number of halogens is 1. The highest BCUT2D eigenvalue weighted by Crippen LogP contribution is 2.16. The van der Waals surface area contributed by atoms with Crippen LogP contribution in [0, 0.1) is 0 Å². The predicted octanol–water partition coefficient (Wildman–Crippen LogP) is 4.20. The first-order valence-electron chi connectivity index (χ1n) is 8.26. The van der Waals surface area contributed by atoms with E-state index in [2.05, 4.69) is 20.8 Å². The largest absolute Gasteiger partial charge is 0.364 e. The number of ketones is 1. The lowest BCUT2D eigenvalue weighted by atomic mass is 10.1. The van der Waals surface area contributed by atoms with Gasteiger partial charge in [0.1, 0.15) is 5.82 Å². The molecule has 0 fully saturated rings. The molecule has 0 aliphatic rings. The highest BCUT2D eigenvalue weighted by molar-refractivity contribution is 6.31. The highest BCUT2D eigenvalue weighted by Gasteiger charge is 2.10. The molecule has 1 aromatic heterocycles. The van der Waals surface area contributed by atoms with Crippen molar-refractivity contribution in [2.24, 2.45) is 0 Å². The Labute approximate surface area is 161 Å². The Hall–Kier alpha value is -3.25. The minimum absolute atomic E-state index is 0.0696. The van der Waals surface area contributed by atoms with Crippen molar-refractivity contribution in [3.63, 3.8) is 0 Å². The van der Waals surface area contributed by atoms with Crippen molar-refractivity contribution < 1.29 is 9.59 Å². The summed E-state index contributed by atoms with van der Waals surface area (Å²) in [6.45, 7) is 1.97. The molecular weight excluding hydrogens is 364 g/mol. The van der Waals surface area contributed by atoms with Crippen LogP contribution >= 0.6 is 11.6 Å². The fourth-order valence-corrected chi connectivity index (χ4v) is 2.59. The lowest BCUT2D eigenvalue weighted by molar-refractivity contribution is 0.100. The van der Waals surface area contributed by atoms with Gasteiger partial charge in [0.2, 0.25) is 0 Å². The summed E-state index contributed by atoms with van der Waals surface area (Å²) in [6, 6.07) is 17.5. The summed E-state index contributed by atoms with van der Waals surface area (Å²) in [5, 5.41) is 14.4. The van der Waals surface area contributed by atoms with E-state index in [0.29, 0.717) is 28.6 Å². The van der Waals surface area contributed by atoms with E-state index in [1.807, 2.05) is 24.3 Å². The number of hydrogen-bond donors (Lipinski definition) is 2. The van der Waals surface area contributed by atoms with Gasteiger partial charge in [-0.15, -0.1) is 10.2 Å². The summed E-state index contributed by atoms with van der Waals surface area (Å²) in [5.74, 6) is 0.0609. The molecule has 0 atom stereocenters. The summed E-state index contributed by atoms with van der Waals surface area (Å²) < 4.78 is 0. The lowest BCUT2D eigenvalue weighted by Crippen LogP contribution is -2.15. The lowest BCUT2D eigenvalue weighted by Gasteiger charge is -2.08. The van der Waals surface area contributed by atoms with Crippen LogP contribution in [0.2, 0.25) is 5.02 Å². The third-order valence-electron chi connectivity index (χ3n) is 3.84. The van der Waals surface area contributed by atoms with Crippen molar-refractivity contribution in [2.75, 3.05) is 10.6 Å². The van der Waals surface area contributed by atoms with Gasteiger partial charge in [-0.1, -0.05) is 41.9 Å². The van der Waals surface area contributed by atoms with Crippen molar-refractivity contribution in [3.8, 4) is 0 Å². The average molecular weight is 381 g/mol. The summed E-state index contributed by atoms with van der Waals surface area (Å²) >= 11 is 6.11. The van der Waals surface area contributed by atoms with E-state index < -0.39 is 5.91 Å². The van der Waals surface area contributed by atoms with Crippen LogP contribution in [0.5, 0.6) is 0 Å². The third-order valence-corrected chi connectivity index (χ3v) is 4.21. The Morgan fingerprint density at radius 2 is 1.81 bits per heavy atom. The predicted molar refractivity (Wildman–Crippen MR) is 105 cm³/mol. The van der Waals surface area contributed by atoms with Crippen molar-refractivity contribution >= 4 is 34.8 Å². The maximum Gasteiger partial charge on any atom is 0.276 e. The Morgan fingerprint density at radius 3 is 2.52 bits per heavy atom. The molecule has 6 nitrogen and oxygen atoms in total. The average Bonchev–Trinajstić information content (AvgIpc) is 2.68. The zero-order valence-electron chi connectivity index (χ0n) is 14.6. The standard InChI is InChI=1S/C20H17ClN4O2/c1-13(26)14-6-4-7-16(11-14)23-20(27)18-9-10-19(25-24-18)22-12-15-5-2-3-8-17(15)21/h2-11H,12H2,1H3,(H,22,25)(H,23,27). The fourth-order valence-electron chi connectivity index (χ4n) is 2.39. The van der Waals surface area contributed by atoms with E-state index in [4.69, 9.17) is 11.6 Å². The van der Waals surface area contributed by atoms with E-state index in [-0.39, 0.29) is 11.5 Å².